The molecule has 0 saturated carbocycles. The number of carbonyl (C=O) groups is 1. The molecule has 0 aliphatic carbocycles. The maximum Gasteiger partial charge on any atom is 0.270 e. The fourth-order valence-electron chi connectivity index (χ4n) is 1.88. The van der Waals surface area contributed by atoms with Gasteiger partial charge in [0.25, 0.3) is 5.91 Å². The summed E-state index contributed by atoms with van der Waals surface area (Å²) in [7, 11) is 1.65. The van der Waals surface area contributed by atoms with Gasteiger partial charge >= 0.3 is 0 Å². The summed E-state index contributed by atoms with van der Waals surface area (Å²) < 4.78 is 10.6. The van der Waals surface area contributed by atoms with Gasteiger partial charge in [0.15, 0.2) is 0 Å². The number of methoxy groups -OCH3 is 1. The largest absolute Gasteiger partial charge is 0.457 e. The number of hydrogen-bond donors (Lipinski definition) is 2. The second kappa shape index (κ2) is 13.4. The van der Waals surface area contributed by atoms with Crippen molar-refractivity contribution in [2.75, 3.05) is 33.4 Å². The van der Waals surface area contributed by atoms with Crippen LogP contribution in [0.4, 0.5) is 0 Å². The van der Waals surface area contributed by atoms with Crippen molar-refractivity contribution in [1.82, 2.24) is 15.6 Å². The van der Waals surface area contributed by atoms with Crippen LogP contribution in [0.2, 0.25) is 0 Å². The summed E-state index contributed by atoms with van der Waals surface area (Å²) in [6.07, 6.45) is 1.56. The Hall–Kier alpha value is -1.86. The van der Waals surface area contributed by atoms with Crippen molar-refractivity contribution in [3.05, 3.63) is 54.4 Å². The van der Waals surface area contributed by atoms with E-state index in [1.165, 1.54) is 0 Å². The third-order valence-corrected chi connectivity index (χ3v) is 3.01. The molecule has 25 heavy (non-hydrogen) atoms. The lowest BCUT2D eigenvalue weighted by atomic mass is 10.3. The molecule has 8 heteroatoms. The van der Waals surface area contributed by atoms with Gasteiger partial charge in [-0.25, -0.2) is 0 Å². The molecule has 2 aromatic rings. The molecule has 1 aromatic carbocycles. The molecule has 0 saturated heterocycles. The number of nitrogens with zero attached hydrogens (tertiary/aromatic N) is 1. The highest BCUT2D eigenvalue weighted by Gasteiger charge is 2.08. The highest BCUT2D eigenvalue weighted by molar-refractivity contribution is 5.92. The lowest BCUT2D eigenvalue weighted by Crippen LogP contribution is -2.33. The highest BCUT2D eigenvalue weighted by Crippen LogP contribution is 2.20. The monoisotopic (exact) mass is 387 g/mol. The van der Waals surface area contributed by atoms with Crippen LogP contribution >= 0.6 is 24.8 Å². The van der Waals surface area contributed by atoms with E-state index in [0.29, 0.717) is 36.9 Å². The maximum atomic E-state index is 12.1. The van der Waals surface area contributed by atoms with Crippen molar-refractivity contribution < 1.29 is 14.3 Å². The summed E-state index contributed by atoms with van der Waals surface area (Å²) in [5.41, 5.74) is 0.329. The van der Waals surface area contributed by atoms with Gasteiger partial charge in [0.05, 0.1) is 6.61 Å². The zero-order valence-electron chi connectivity index (χ0n) is 13.9. The number of aromatic nitrogens is 1. The third kappa shape index (κ3) is 8.69. The lowest BCUT2D eigenvalue weighted by molar-refractivity contribution is 0.0948. The van der Waals surface area contributed by atoms with E-state index < -0.39 is 0 Å². The first-order valence-electron chi connectivity index (χ1n) is 7.46. The number of carbonyl (C=O) groups excluding carboxylic acids is 1. The van der Waals surface area contributed by atoms with Crippen molar-refractivity contribution in [1.29, 1.82) is 0 Å². The number of ether oxygens (including phenoxy) is 2. The average Bonchev–Trinajstić information content (AvgIpc) is 2.59. The Morgan fingerprint density at radius 1 is 1.04 bits per heavy atom. The van der Waals surface area contributed by atoms with Crippen LogP contribution in [0.3, 0.4) is 0 Å². The van der Waals surface area contributed by atoms with E-state index in [2.05, 4.69) is 15.6 Å². The first-order valence-corrected chi connectivity index (χ1v) is 7.46. The maximum absolute atomic E-state index is 12.1. The van der Waals surface area contributed by atoms with Crippen LogP contribution in [0.15, 0.2) is 48.7 Å². The fourth-order valence-corrected chi connectivity index (χ4v) is 1.88. The minimum atomic E-state index is -0.225. The summed E-state index contributed by atoms with van der Waals surface area (Å²) in [6.45, 7) is 2.60. The topological polar surface area (TPSA) is 72.5 Å². The van der Waals surface area contributed by atoms with E-state index in [-0.39, 0.29) is 30.7 Å². The molecule has 0 fully saturated rings. The molecule has 2 N–H and O–H groups in total. The minimum absolute atomic E-state index is 0. The second-order valence-electron chi connectivity index (χ2n) is 4.79. The molecule has 0 spiro atoms. The number of benzene rings is 1. The number of pyridine rings is 1. The Morgan fingerprint density at radius 2 is 1.80 bits per heavy atom. The molecule has 1 amide bonds. The number of rotatable bonds is 9. The minimum Gasteiger partial charge on any atom is -0.457 e. The van der Waals surface area contributed by atoms with Gasteiger partial charge in [-0.15, -0.1) is 24.8 Å². The van der Waals surface area contributed by atoms with Gasteiger partial charge in [0.1, 0.15) is 17.2 Å². The van der Waals surface area contributed by atoms with Crippen LogP contribution in [0, 0.1) is 0 Å². The SMILES string of the molecule is COCCNCCNC(=O)c1cc(Oc2ccccc2)ccn1.Cl.Cl. The van der Waals surface area contributed by atoms with Gasteiger partial charge in [0.2, 0.25) is 0 Å². The van der Waals surface area contributed by atoms with Crippen molar-refractivity contribution in [2.24, 2.45) is 0 Å². The van der Waals surface area contributed by atoms with Crippen molar-refractivity contribution in [2.45, 2.75) is 0 Å². The summed E-state index contributed by atoms with van der Waals surface area (Å²) in [6, 6.07) is 12.7. The molecule has 0 aliphatic heterocycles. The Bertz CT molecular complexity index is 615. The van der Waals surface area contributed by atoms with Crippen LogP contribution in [-0.4, -0.2) is 44.2 Å². The normalized spacial score (nSPS) is 9.48. The first kappa shape index (κ1) is 23.1. The predicted molar refractivity (Wildman–Crippen MR) is 102 cm³/mol. The van der Waals surface area contributed by atoms with Crippen LogP contribution in [0.5, 0.6) is 11.5 Å². The molecular formula is C17H23Cl2N3O3. The summed E-state index contributed by atoms with van der Waals surface area (Å²) >= 11 is 0. The number of amides is 1. The number of halogens is 2. The molecule has 0 radical (unpaired) electrons. The molecule has 1 heterocycles. The number of nitrogens with one attached hydrogen (secondary N) is 2. The molecule has 0 atom stereocenters. The van der Waals surface area contributed by atoms with Crippen LogP contribution in [-0.2, 0) is 4.74 Å². The zero-order valence-corrected chi connectivity index (χ0v) is 15.6. The van der Waals surface area contributed by atoms with E-state index in [1.54, 1.807) is 25.4 Å². The van der Waals surface area contributed by atoms with Crippen LogP contribution in [0.25, 0.3) is 0 Å². The number of para-hydroxylation sites is 1. The molecule has 0 unspecified atom stereocenters. The molecule has 2 rings (SSSR count). The van der Waals surface area contributed by atoms with Crippen LogP contribution < -0.4 is 15.4 Å². The average molecular weight is 388 g/mol. The van der Waals surface area contributed by atoms with Gasteiger partial charge in [-0.1, -0.05) is 18.2 Å². The quantitative estimate of drug-likeness (QED) is 0.647. The predicted octanol–water partition coefficient (Wildman–Crippen LogP) is 2.68. The molecule has 0 aliphatic rings. The molecular weight excluding hydrogens is 365 g/mol. The van der Waals surface area contributed by atoms with Crippen molar-refractivity contribution in [3.63, 3.8) is 0 Å². The lowest BCUT2D eigenvalue weighted by Gasteiger charge is -2.08. The molecule has 138 valence electrons. The Kier molecular flexibility index (Phi) is 12.4. The summed E-state index contributed by atoms with van der Waals surface area (Å²) in [5, 5.41) is 5.96. The van der Waals surface area contributed by atoms with E-state index in [9.17, 15) is 4.79 Å². The summed E-state index contributed by atoms with van der Waals surface area (Å²) in [5.74, 6) is 1.07. The van der Waals surface area contributed by atoms with Gasteiger partial charge < -0.3 is 20.1 Å². The molecule has 0 bridgehead atoms. The van der Waals surface area contributed by atoms with Gasteiger partial charge in [-0.05, 0) is 18.2 Å². The molecule has 1 aromatic heterocycles. The van der Waals surface area contributed by atoms with E-state index in [0.717, 1.165) is 6.54 Å². The Balaban J connectivity index is 0.00000288. The van der Waals surface area contributed by atoms with Gasteiger partial charge in [0, 0.05) is 39.0 Å². The van der Waals surface area contributed by atoms with E-state index in [4.69, 9.17) is 9.47 Å². The first-order chi connectivity index (χ1) is 11.3. The van der Waals surface area contributed by atoms with E-state index in [1.807, 2.05) is 30.3 Å². The highest BCUT2D eigenvalue weighted by atomic mass is 35.5. The second-order valence-corrected chi connectivity index (χ2v) is 4.79. The Labute approximate surface area is 160 Å². The molecule has 6 nitrogen and oxygen atoms in total. The van der Waals surface area contributed by atoms with Crippen LogP contribution in [0.1, 0.15) is 10.5 Å². The number of hydrogen-bond acceptors (Lipinski definition) is 5. The van der Waals surface area contributed by atoms with Crippen molar-refractivity contribution in [3.8, 4) is 11.5 Å². The fraction of sp³-hybridized carbons (Fsp3) is 0.294. The third-order valence-electron chi connectivity index (χ3n) is 3.01. The van der Waals surface area contributed by atoms with Gasteiger partial charge in [-0.3, -0.25) is 9.78 Å². The smallest absolute Gasteiger partial charge is 0.270 e. The summed E-state index contributed by atoms with van der Waals surface area (Å²) in [4.78, 5) is 16.1. The van der Waals surface area contributed by atoms with Crippen molar-refractivity contribution >= 4 is 30.7 Å². The standard InChI is InChI=1S/C17H21N3O3.2ClH/c1-22-12-11-18-9-10-20-17(21)16-13-15(7-8-19-16)23-14-5-3-2-4-6-14;;/h2-8,13,18H,9-12H2,1H3,(H,20,21);2*1H. The van der Waals surface area contributed by atoms with Gasteiger partial charge in [-0.2, -0.15) is 0 Å². The Morgan fingerprint density at radius 3 is 2.52 bits per heavy atom. The zero-order chi connectivity index (χ0) is 16.3. The van der Waals surface area contributed by atoms with E-state index >= 15 is 0 Å².